The highest BCUT2D eigenvalue weighted by molar-refractivity contribution is 9.10. The Kier molecular flexibility index (Phi) is 4.03. The second-order valence-corrected chi connectivity index (χ2v) is 6.12. The van der Waals surface area contributed by atoms with Crippen molar-refractivity contribution in [2.24, 2.45) is 5.92 Å². The van der Waals surface area contributed by atoms with Crippen LogP contribution < -0.4 is 10.6 Å². The lowest BCUT2D eigenvalue weighted by Gasteiger charge is -2.10. The van der Waals surface area contributed by atoms with Gasteiger partial charge in [0.1, 0.15) is 0 Å². The van der Waals surface area contributed by atoms with Crippen molar-refractivity contribution in [2.45, 2.75) is 12.8 Å². The third-order valence-corrected chi connectivity index (χ3v) is 4.25. The Morgan fingerprint density at radius 2 is 1.90 bits per heavy atom. The van der Waals surface area contributed by atoms with Gasteiger partial charge < -0.3 is 10.6 Å². The minimum atomic E-state index is 0.0122. The van der Waals surface area contributed by atoms with Gasteiger partial charge in [0, 0.05) is 15.5 Å². The molecule has 0 radical (unpaired) electrons. The molecule has 2 aromatic carbocycles. The summed E-state index contributed by atoms with van der Waals surface area (Å²) in [6, 6.07) is 11.9. The molecule has 1 saturated carbocycles. The number of hydrogen-bond donors (Lipinski definition) is 2. The number of benzene rings is 2. The molecule has 0 unspecified atom stereocenters. The van der Waals surface area contributed by atoms with Crippen molar-refractivity contribution in [3.8, 4) is 0 Å². The highest BCUT2D eigenvalue weighted by Crippen LogP contribution is 2.30. The van der Waals surface area contributed by atoms with Crippen molar-refractivity contribution in [3.63, 3.8) is 0 Å². The van der Waals surface area contributed by atoms with E-state index in [4.69, 9.17) is 0 Å². The van der Waals surface area contributed by atoms with Crippen LogP contribution in [0.15, 0.2) is 40.9 Å². The van der Waals surface area contributed by atoms with Crippen LogP contribution in [0.1, 0.15) is 12.8 Å². The molecule has 1 aliphatic carbocycles. The van der Waals surface area contributed by atoms with Crippen LogP contribution in [0.3, 0.4) is 0 Å². The Hall–Kier alpha value is -1.39. The molecule has 2 N–H and O–H groups in total. The SMILES string of the molecule is O=C(CNCC1CC1)Nc1ccc(Br)c2ccccc12. The normalized spacial score (nSPS) is 14.4. The van der Waals surface area contributed by atoms with Gasteiger partial charge in [-0.2, -0.15) is 0 Å². The molecular formula is C16H17BrN2O. The van der Waals surface area contributed by atoms with E-state index in [2.05, 4.69) is 26.6 Å². The minimum Gasteiger partial charge on any atom is -0.324 e. The highest BCUT2D eigenvalue weighted by Gasteiger charge is 2.20. The van der Waals surface area contributed by atoms with Crippen LogP contribution in [0.25, 0.3) is 10.8 Å². The summed E-state index contributed by atoms with van der Waals surface area (Å²) in [5, 5.41) is 8.35. The van der Waals surface area contributed by atoms with Gasteiger partial charge >= 0.3 is 0 Å². The summed E-state index contributed by atoms with van der Waals surface area (Å²) in [7, 11) is 0. The number of fused-ring (bicyclic) bond motifs is 1. The van der Waals surface area contributed by atoms with Crippen LogP contribution in [0.2, 0.25) is 0 Å². The first kappa shape index (κ1) is 13.6. The molecule has 1 aliphatic rings. The number of anilines is 1. The fourth-order valence-corrected chi connectivity index (χ4v) is 2.76. The molecule has 1 fully saturated rings. The summed E-state index contributed by atoms with van der Waals surface area (Å²) in [6.45, 7) is 1.33. The quantitative estimate of drug-likeness (QED) is 0.879. The van der Waals surface area contributed by atoms with Gasteiger partial charge in [0.05, 0.1) is 6.54 Å². The summed E-state index contributed by atoms with van der Waals surface area (Å²) in [4.78, 5) is 12.0. The summed E-state index contributed by atoms with van der Waals surface area (Å²) >= 11 is 3.54. The Morgan fingerprint density at radius 3 is 2.65 bits per heavy atom. The van der Waals surface area contributed by atoms with Crippen LogP contribution in [0, 0.1) is 5.92 Å². The Bertz CT molecular complexity index is 637. The largest absolute Gasteiger partial charge is 0.324 e. The lowest BCUT2D eigenvalue weighted by molar-refractivity contribution is -0.115. The van der Waals surface area contributed by atoms with E-state index in [0.29, 0.717) is 6.54 Å². The smallest absolute Gasteiger partial charge is 0.238 e. The van der Waals surface area contributed by atoms with E-state index >= 15 is 0 Å². The first-order valence-corrected chi connectivity index (χ1v) is 7.71. The monoisotopic (exact) mass is 332 g/mol. The Balaban J connectivity index is 1.70. The van der Waals surface area contributed by atoms with E-state index in [1.165, 1.54) is 12.8 Å². The molecule has 4 heteroatoms. The highest BCUT2D eigenvalue weighted by atomic mass is 79.9. The van der Waals surface area contributed by atoms with Crippen LogP contribution in [0.5, 0.6) is 0 Å². The zero-order valence-electron chi connectivity index (χ0n) is 11.2. The van der Waals surface area contributed by atoms with E-state index in [1.807, 2.05) is 36.4 Å². The molecule has 0 bridgehead atoms. The number of rotatable bonds is 5. The first-order valence-electron chi connectivity index (χ1n) is 6.92. The van der Waals surface area contributed by atoms with E-state index in [9.17, 15) is 4.79 Å². The predicted octanol–water partition coefficient (Wildman–Crippen LogP) is 3.54. The Labute approximate surface area is 126 Å². The zero-order chi connectivity index (χ0) is 13.9. The van der Waals surface area contributed by atoms with E-state index in [0.717, 1.165) is 33.4 Å². The average molecular weight is 333 g/mol. The molecule has 20 heavy (non-hydrogen) atoms. The van der Waals surface area contributed by atoms with Gasteiger partial charge in [0.25, 0.3) is 0 Å². The van der Waals surface area contributed by atoms with Crippen molar-refractivity contribution >= 4 is 38.3 Å². The number of halogens is 1. The van der Waals surface area contributed by atoms with Crippen molar-refractivity contribution < 1.29 is 4.79 Å². The van der Waals surface area contributed by atoms with Crippen LogP contribution in [-0.4, -0.2) is 19.0 Å². The third-order valence-electron chi connectivity index (χ3n) is 3.56. The molecular weight excluding hydrogens is 316 g/mol. The fraction of sp³-hybridized carbons (Fsp3) is 0.312. The van der Waals surface area contributed by atoms with Crippen molar-refractivity contribution in [1.29, 1.82) is 0 Å². The van der Waals surface area contributed by atoms with E-state index in [1.54, 1.807) is 0 Å². The number of nitrogens with one attached hydrogen (secondary N) is 2. The van der Waals surface area contributed by atoms with Gasteiger partial charge in [-0.25, -0.2) is 0 Å². The number of carbonyl (C=O) groups excluding carboxylic acids is 1. The van der Waals surface area contributed by atoms with Crippen LogP contribution >= 0.6 is 15.9 Å². The van der Waals surface area contributed by atoms with Gasteiger partial charge in [-0.3, -0.25) is 4.79 Å². The van der Waals surface area contributed by atoms with E-state index in [-0.39, 0.29) is 5.91 Å². The molecule has 0 atom stereocenters. The summed E-state index contributed by atoms with van der Waals surface area (Å²) in [6.07, 6.45) is 2.60. The van der Waals surface area contributed by atoms with Gasteiger partial charge in [-0.1, -0.05) is 40.2 Å². The molecule has 0 aliphatic heterocycles. The molecule has 0 saturated heterocycles. The van der Waals surface area contributed by atoms with Gasteiger partial charge in [-0.05, 0) is 42.8 Å². The van der Waals surface area contributed by atoms with Gasteiger partial charge in [0.15, 0.2) is 0 Å². The average Bonchev–Trinajstić information content (AvgIpc) is 3.27. The molecule has 0 heterocycles. The molecule has 3 rings (SSSR count). The molecule has 0 aromatic heterocycles. The molecule has 0 spiro atoms. The lowest BCUT2D eigenvalue weighted by atomic mass is 10.1. The maximum Gasteiger partial charge on any atom is 0.238 e. The predicted molar refractivity (Wildman–Crippen MR) is 85.9 cm³/mol. The zero-order valence-corrected chi connectivity index (χ0v) is 12.7. The standard InChI is InChI=1S/C16H17BrN2O/c17-14-7-8-15(13-4-2-1-3-12(13)14)19-16(20)10-18-9-11-5-6-11/h1-4,7-8,11,18H,5-6,9-10H2,(H,19,20). The van der Waals surface area contributed by atoms with Crippen molar-refractivity contribution in [2.75, 3.05) is 18.4 Å². The maximum atomic E-state index is 12.0. The van der Waals surface area contributed by atoms with Gasteiger partial charge in [0.2, 0.25) is 5.91 Å². The minimum absolute atomic E-state index is 0.0122. The van der Waals surface area contributed by atoms with Crippen LogP contribution in [0.4, 0.5) is 5.69 Å². The first-order chi connectivity index (χ1) is 9.74. The third kappa shape index (κ3) is 3.19. The van der Waals surface area contributed by atoms with Crippen molar-refractivity contribution in [3.05, 3.63) is 40.9 Å². The second kappa shape index (κ2) is 5.94. The number of carbonyl (C=O) groups is 1. The summed E-state index contributed by atoms with van der Waals surface area (Å²) in [5.41, 5.74) is 0.863. The molecule has 2 aromatic rings. The van der Waals surface area contributed by atoms with Gasteiger partial charge in [-0.15, -0.1) is 0 Å². The molecule has 104 valence electrons. The Morgan fingerprint density at radius 1 is 1.15 bits per heavy atom. The molecule has 1 amide bonds. The lowest BCUT2D eigenvalue weighted by Crippen LogP contribution is -2.29. The maximum absolute atomic E-state index is 12.0. The second-order valence-electron chi connectivity index (χ2n) is 5.26. The van der Waals surface area contributed by atoms with E-state index < -0.39 is 0 Å². The van der Waals surface area contributed by atoms with Crippen molar-refractivity contribution in [1.82, 2.24) is 5.32 Å². The number of amides is 1. The topological polar surface area (TPSA) is 41.1 Å². The summed E-state index contributed by atoms with van der Waals surface area (Å²) < 4.78 is 1.04. The fourth-order valence-electron chi connectivity index (χ4n) is 2.28. The number of hydrogen-bond acceptors (Lipinski definition) is 2. The molecule has 3 nitrogen and oxygen atoms in total. The summed E-state index contributed by atoms with van der Waals surface area (Å²) in [5.74, 6) is 0.800. The van der Waals surface area contributed by atoms with Crippen LogP contribution in [-0.2, 0) is 4.79 Å².